The van der Waals surface area contributed by atoms with Crippen LogP contribution in [0.25, 0.3) is 10.9 Å². The normalized spacial score (nSPS) is 18.7. The van der Waals surface area contributed by atoms with Crippen molar-refractivity contribution in [3.8, 4) is 0 Å². The predicted octanol–water partition coefficient (Wildman–Crippen LogP) is 4.33. The number of aromatic amines is 1. The second-order valence-corrected chi connectivity index (χ2v) is 7.96. The summed E-state index contributed by atoms with van der Waals surface area (Å²) in [6.07, 6.45) is 0.437. The molecule has 2 aromatic carbocycles. The number of ether oxygens (including phenoxy) is 1. The van der Waals surface area contributed by atoms with Crippen LogP contribution in [0.3, 0.4) is 0 Å². The molecule has 1 aliphatic heterocycles. The second-order valence-electron chi connectivity index (χ2n) is 7.96. The average Bonchev–Trinajstić information content (AvgIpc) is 3.10. The van der Waals surface area contributed by atoms with Gasteiger partial charge in [0, 0.05) is 29.9 Å². The Balaban J connectivity index is 1.93. The molecule has 0 unspecified atom stereocenters. The third-order valence-corrected chi connectivity index (χ3v) is 5.89. The van der Waals surface area contributed by atoms with Crippen molar-refractivity contribution < 1.29 is 14.3 Å². The molecular formula is C24H26N2O3. The Morgan fingerprint density at radius 3 is 2.41 bits per heavy atom. The van der Waals surface area contributed by atoms with E-state index in [1.165, 1.54) is 19.6 Å². The summed E-state index contributed by atoms with van der Waals surface area (Å²) in [5.41, 5.74) is 5.27. The smallest absolute Gasteiger partial charge is 0.328 e. The summed E-state index contributed by atoms with van der Waals surface area (Å²) in [4.78, 5) is 30.5. The van der Waals surface area contributed by atoms with Crippen LogP contribution in [0, 0.1) is 0 Å². The van der Waals surface area contributed by atoms with E-state index < -0.39 is 6.04 Å². The van der Waals surface area contributed by atoms with E-state index in [0.29, 0.717) is 12.3 Å². The third-order valence-electron chi connectivity index (χ3n) is 5.89. The SMILES string of the molecule is COC(=O)[C@@H]1Cc2c([nH]c3ccccc23)[C@@H](c2ccc(C(C)C)cc2)N1C(C)=O. The molecule has 1 amide bonds. The van der Waals surface area contributed by atoms with E-state index in [1.54, 1.807) is 4.90 Å². The van der Waals surface area contributed by atoms with Gasteiger partial charge >= 0.3 is 5.97 Å². The van der Waals surface area contributed by atoms with Crippen LogP contribution in [0.2, 0.25) is 0 Å². The first-order valence-corrected chi connectivity index (χ1v) is 9.98. The molecule has 0 fully saturated rings. The van der Waals surface area contributed by atoms with Crippen LogP contribution in [-0.2, 0) is 20.7 Å². The van der Waals surface area contributed by atoms with Gasteiger partial charge in [-0.2, -0.15) is 0 Å². The molecule has 1 aliphatic rings. The summed E-state index contributed by atoms with van der Waals surface area (Å²) >= 11 is 0. The molecule has 150 valence electrons. The number of H-pyrrole nitrogens is 1. The van der Waals surface area contributed by atoms with Crippen LogP contribution in [0.4, 0.5) is 0 Å². The van der Waals surface area contributed by atoms with Gasteiger partial charge in [-0.3, -0.25) is 4.79 Å². The number of carbonyl (C=O) groups is 2. The summed E-state index contributed by atoms with van der Waals surface area (Å²) < 4.78 is 5.07. The molecule has 0 saturated carbocycles. The molecule has 0 radical (unpaired) electrons. The molecule has 1 aromatic heterocycles. The van der Waals surface area contributed by atoms with Crippen molar-refractivity contribution in [3.05, 3.63) is 70.9 Å². The summed E-state index contributed by atoms with van der Waals surface area (Å²) in [7, 11) is 1.37. The van der Waals surface area contributed by atoms with Crippen LogP contribution in [0.5, 0.6) is 0 Å². The van der Waals surface area contributed by atoms with Gasteiger partial charge in [-0.25, -0.2) is 4.79 Å². The van der Waals surface area contributed by atoms with Gasteiger partial charge in [0.1, 0.15) is 6.04 Å². The van der Waals surface area contributed by atoms with E-state index in [9.17, 15) is 9.59 Å². The van der Waals surface area contributed by atoms with Crippen LogP contribution in [-0.4, -0.2) is 34.9 Å². The Morgan fingerprint density at radius 2 is 1.79 bits per heavy atom. The lowest BCUT2D eigenvalue weighted by molar-refractivity contribution is -0.154. The Kier molecular flexibility index (Phi) is 4.91. The molecule has 5 nitrogen and oxygen atoms in total. The fourth-order valence-corrected chi connectivity index (χ4v) is 4.41. The standard InChI is InChI=1S/C24H26N2O3/c1-14(2)16-9-11-17(12-10-16)23-22-19(18-7-5-6-8-20(18)25-22)13-21(24(28)29-4)26(23)15(3)27/h5-12,14,21,23,25H,13H2,1-4H3/t21-,23+/m0/s1. The van der Waals surface area contributed by atoms with Gasteiger partial charge in [0.05, 0.1) is 13.2 Å². The van der Waals surface area contributed by atoms with Crippen molar-refractivity contribution in [1.82, 2.24) is 9.88 Å². The number of para-hydroxylation sites is 1. The van der Waals surface area contributed by atoms with E-state index in [4.69, 9.17) is 4.74 Å². The molecule has 0 spiro atoms. The van der Waals surface area contributed by atoms with Crippen LogP contribution >= 0.6 is 0 Å². The lowest BCUT2D eigenvalue weighted by atomic mass is 9.87. The maximum atomic E-state index is 12.7. The van der Waals surface area contributed by atoms with Crippen molar-refractivity contribution in [2.75, 3.05) is 7.11 Å². The van der Waals surface area contributed by atoms with Gasteiger partial charge < -0.3 is 14.6 Å². The number of aromatic nitrogens is 1. The zero-order chi connectivity index (χ0) is 20.7. The van der Waals surface area contributed by atoms with Crippen molar-refractivity contribution in [2.24, 2.45) is 0 Å². The minimum Gasteiger partial charge on any atom is -0.467 e. The number of methoxy groups -OCH3 is 1. The zero-order valence-corrected chi connectivity index (χ0v) is 17.2. The molecule has 0 aliphatic carbocycles. The number of hydrogen-bond acceptors (Lipinski definition) is 3. The Labute approximate surface area is 170 Å². The van der Waals surface area contributed by atoms with Gasteiger partial charge in [0.25, 0.3) is 0 Å². The summed E-state index contributed by atoms with van der Waals surface area (Å²) in [5, 5.41) is 1.09. The second kappa shape index (κ2) is 7.39. The monoisotopic (exact) mass is 390 g/mol. The number of amides is 1. The third kappa shape index (κ3) is 3.20. The van der Waals surface area contributed by atoms with E-state index in [2.05, 4.69) is 49.2 Å². The number of nitrogens with one attached hydrogen (secondary N) is 1. The Hall–Kier alpha value is -3.08. The number of carbonyl (C=O) groups excluding carboxylic acids is 2. The largest absolute Gasteiger partial charge is 0.467 e. The maximum Gasteiger partial charge on any atom is 0.328 e. The quantitative estimate of drug-likeness (QED) is 0.677. The summed E-state index contributed by atoms with van der Waals surface area (Å²) in [6.45, 7) is 5.82. The molecule has 2 atom stereocenters. The first kappa shape index (κ1) is 19.2. The number of fused-ring (bicyclic) bond motifs is 3. The van der Waals surface area contributed by atoms with Gasteiger partial charge in [0.15, 0.2) is 0 Å². The molecule has 0 saturated heterocycles. The minimum atomic E-state index is -0.654. The van der Waals surface area contributed by atoms with Gasteiger partial charge in [-0.15, -0.1) is 0 Å². The highest BCUT2D eigenvalue weighted by Gasteiger charge is 2.42. The first-order valence-electron chi connectivity index (χ1n) is 9.98. The Bertz CT molecular complexity index is 1070. The molecule has 3 aromatic rings. The minimum absolute atomic E-state index is 0.150. The molecular weight excluding hydrogens is 364 g/mol. The first-order chi connectivity index (χ1) is 13.9. The van der Waals surface area contributed by atoms with Crippen LogP contribution in [0.15, 0.2) is 48.5 Å². The molecule has 2 heterocycles. The van der Waals surface area contributed by atoms with Crippen molar-refractivity contribution in [2.45, 2.75) is 45.2 Å². The highest BCUT2D eigenvalue weighted by Crippen LogP contribution is 2.41. The molecule has 1 N–H and O–H groups in total. The summed E-state index contributed by atoms with van der Waals surface area (Å²) in [6, 6.07) is 15.4. The number of hydrogen-bond donors (Lipinski definition) is 1. The van der Waals surface area contributed by atoms with Gasteiger partial charge in [-0.1, -0.05) is 56.3 Å². The molecule has 0 bridgehead atoms. The van der Waals surface area contributed by atoms with E-state index in [-0.39, 0.29) is 17.9 Å². The number of benzene rings is 2. The van der Waals surface area contributed by atoms with Gasteiger partial charge in [0.2, 0.25) is 5.91 Å². The van der Waals surface area contributed by atoms with E-state index >= 15 is 0 Å². The van der Waals surface area contributed by atoms with Crippen LogP contribution in [0.1, 0.15) is 55.1 Å². The predicted molar refractivity (Wildman–Crippen MR) is 113 cm³/mol. The fraction of sp³-hybridized carbons (Fsp3) is 0.333. The lowest BCUT2D eigenvalue weighted by Gasteiger charge is -2.40. The van der Waals surface area contributed by atoms with Crippen molar-refractivity contribution in [3.63, 3.8) is 0 Å². The lowest BCUT2D eigenvalue weighted by Crippen LogP contribution is -2.51. The summed E-state index contributed by atoms with van der Waals surface area (Å²) in [5.74, 6) is -0.117. The number of esters is 1. The molecule has 29 heavy (non-hydrogen) atoms. The number of nitrogens with zero attached hydrogens (tertiary/aromatic N) is 1. The van der Waals surface area contributed by atoms with E-state index in [0.717, 1.165) is 27.7 Å². The zero-order valence-electron chi connectivity index (χ0n) is 17.2. The fourth-order valence-electron chi connectivity index (χ4n) is 4.41. The average molecular weight is 390 g/mol. The van der Waals surface area contributed by atoms with Crippen molar-refractivity contribution in [1.29, 1.82) is 0 Å². The van der Waals surface area contributed by atoms with Crippen molar-refractivity contribution >= 4 is 22.8 Å². The van der Waals surface area contributed by atoms with E-state index in [1.807, 2.05) is 18.2 Å². The molecule has 5 heteroatoms. The molecule has 4 rings (SSSR count). The topological polar surface area (TPSA) is 62.4 Å². The highest BCUT2D eigenvalue weighted by molar-refractivity contribution is 5.90. The van der Waals surface area contributed by atoms with Crippen LogP contribution < -0.4 is 0 Å². The maximum absolute atomic E-state index is 12.7. The Morgan fingerprint density at radius 1 is 1.10 bits per heavy atom. The van der Waals surface area contributed by atoms with Gasteiger partial charge in [-0.05, 0) is 28.7 Å². The number of rotatable bonds is 3. The highest BCUT2D eigenvalue weighted by atomic mass is 16.5.